The van der Waals surface area contributed by atoms with Crippen molar-refractivity contribution in [2.45, 2.75) is 26.2 Å². The summed E-state index contributed by atoms with van der Waals surface area (Å²) in [5.41, 5.74) is 14.1. The molecule has 0 aromatic heterocycles. The molecule has 0 spiro atoms. The van der Waals surface area contributed by atoms with Crippen LogP contribution in [0.3, 0.4) is 0 Å². The Balaban J connectivity index is 1.37. The molecule has 0 aliphatic heterocycles. The van der Waals surface area contributed by atoms with Gasteiger partial charge in [0.1, 0.15) is 0 Å². The number of hydrogen-bond acceptors (Lipinski definition) is 1. The van der Waals surface area contributed by atoms with Crippen LogP contribution in [0.15, 0.2) is 168 Å². The third-order valence-corrected chi connectivity index (χ3v) is 9.03. The molecule has 6 aromatic rings. The molecule has 0 amide bonds. The van der Waals surface area contributed by atoms with E-state index in [4.69, 9.17) is 9.98 Å². The Hall–Kier alpha value is -5.60. The molecule has 0 bridgehead atoms. The molecule has 7 rings (SSSR count). The van der Waals surface area contributed by atoms with E-state index >= 15 is 0 Å². The zero-order chi connectivity index (χ0) is 31.7. The van der Waals surface area contributed by atoms with E-state index in [0.29, 0.717) is 11.5 Å². The smallest absolute Gasteiger partial charge is 0.160 e. The molecule has 0 atom stereocenters. The first-order valence-corrected chi connectivity index (χ1v) is 15.8. The molecule has 0 radical (unpaired) electrons. The molecule has 2 nitrogen and oxygen atoms in total. The Morgan fingerprint density at radius 1 is 0.522 bits per heavy atom. The molecule has 0 fully saturated rings. The van der Waals surface area contributed by atoms with Gasteiger partial charge in [0.2, 0.25) is 0 Å². The Bertz CT molecular complexity index is 2130. The Morgan fingerprint density at radius 2 is 1.04 bits per heavy atom. The number of fused-ring (bicyclic) bond motifs is 3. The minimum Gasteiger partial charge on any atom is -0.233 e. The average Bonchev–Trinajstić information content (AvgIpc) is 3.35. The standard InChI is InChI=1S/C44H36N2/c1-30(34-20-13-22-36(28-34)32-16-7-5-8-17-32)45-43(46-31(2)35-21-14-23-37(29-35)33-18-9-6-10-19-33)40-26-15-25-39-38-24-11-12-27-41(38)44(3,4)42(39)40/h5-29H,1H2,2-4H3. The predicted octanol–water partition coefficient (Wildman–Crippen LogP) is 11.3. The first-order chi connectivity index (χ1) is 22.4. The fourth-order valence-corrected chi connectivity index (χ4v) is 6.66. The summed E-state index contributed by atoms with van der Waals surface area (Å²) in [6, 6.07) is 53.1. The second-order valence-electron chi connectivity index (χ2n) is 12.4. The maximum Gasteiger partial charge on any atom is 0.160 e. The minimum absolute atomic E-state index is 0.214. The summed E-state index contributed by atoms with van der Waals surface area (Å²) in [6.07, 6.45) is 0. The van der Waals surface area contributed by atoms with E-state index < -0.39 is 0 Å². The van der Waals surface area contributed by atoms with Gasteiger partial charge in [0.15, 0.2) is 5.84 Å². The topological polar surface area (TPSA) is 24.7 Å². The minimum atomic E-state index is -0.214. The van der Waals surface area contributed by atoms with E-state index in [-0.39, 0.29) is 5.41 Å². The zero-order valence-electron chi connectivity index (χ0n) is 26.5. The van der Waals surface area contributed by atoms with Crippen LogP contribution in [0, 0.1) is 0 Å². The van der Waals surface area contributed by atoms with Crippen LogP contribution in [0.1, 0.15) is 48.6 Å². The fraction of sp³-hybridized carbons (Fsp3) is 0.0909. The van der Waals surface area contributed by atoms with Gasteiger partial charge in [-0.2, -0.15) is 0 Å². The van der Waals surface area contributed by atoms with Crippen LogP contribution in [0.25, 0.3) is 39.1 Å². The molecule has 46 heavy (non-hydrogen) atoms. The van der Waals surface area contributed by atoms with Gasteiger partial charge < -0.3 is 0 Å². The zero-order valence-corrected chi connectivity index (χ0v) is 26.5. The number of nitrogens with zero attached hydrogens (tertiary/aromatic N) is 2. The van der Waals surface area contributed by atoms with Crippen molar-refractivity contribution in [1.82, 2.24) is 0 Å². The molecule has 0 N–H and O–H groups in total. The first-order valence-electron chi connectivity index (χ1n) is 15.8. The van der Waals surface area contributed by atoms with E-state index in [1.54, 1.807) is 0 Å². The summed E-state index contributed by atoms with van der Waals surface area (Å²) in [5.74, 6) is 0.662. The third kappa shape index (κ3) is 5.44. The molecule has 0 heterocycles. The van der Waals surface area contributed by atoms with Gasteiger partial charge in [-0.3, -0.25) is 0 Å². The lowest BCUT2D eigenvalue weighted by Gasteiger charge is -2.24. The van der Waals surface area contributed by atoms with Gasteiger partial charge in [0.25, 0.3) is 0 Å². The fourth-order valence-electron chi connectivity index (χ4n) is 6.66. The molecular formula is C44H36N2. The van der Waals surface area contributed by atoms with Crippen LogP contribution in [-0.2, 0) is 5.41 Å². The van der Waals surface area contributed by atoms with Crippen molar-refractivity contribution in [2.24, 2.45) is 9.98 Å². The van der Waals surface area contributed by atoms with Crippen molar-refractivity contribution >= 4 is 17.2 Å². The molecule has 0 unspecified atom stereocenters. The number of benzene rings is 6. The molecule has 1 aliphatic carbocycles. The van der Waals surface area contributed by atoms with Crippen LogP contribution in [0.2, 0.25) is 0 Å². The highest BCUT2D eigenvalue weighted by Gasteiger charge is 2.38. The number of aliphatic imine (C=N–C) groups is 2. The molecule has 0 saturated carbocycles. The Morgan fingerprint density at radius 3 is 1.72 bits per heavy atom. The summed E-state index contributed by atoms with van der Waals surface area (Å²) in [7, 11) is 0. The van der Waals surface area contributed by atoms with E-state index in [0.717, 1.165) is 39.1 Å². The lowest BCUT2D eigenvalue weighted by molar-refractivity contribution is 0.659. The van der Waals surface area contributed by atoms with Gasteiger partial charge in [0, 0.05) is 22.3 Å². The van der Waals surface area contributed by atoms with Gasteiger partial charge >= 0.3 is 0 Å². The highest BCUT2D eigenvalue weighted by molar-refractivity contribution is 6.14. The summed E-state index contributed by atoms with van der Waals surface area (Å²) >= 11 is 0. The second kappa shape index (κ2) is 12.1. The second-order valence-corrected chi connectivity index (χ2v) is 12.4. The largest absolute Gasteiger partial charge is 0.233 e. The van der Waals surface area contributed by atoms with Crippen LogP contribution in [-0.4, -0.2) is 11.5 Å². The number of rotatable bonds is 6. The normalized spacial score (nSPS) is 13.6. The Labute approximate surface area is 272 Å². The molecule has 6 aromatic carbocycles. The Kier molecular flexibility index (Phi) is 7.64. The summed E-state index contributed by atoms with van der Waals surface area (Å²) < 4.78 is 0. The highest BCUT2D eigenvalue weighted by Crippen LogP contribution is 2.50. The van der Waals surface area contributed by atoms with Crippen molar-refractivity contribution in [1.29, 1.82) is 0 Å². The van der Waals surface area contributed by atoms with E-state index in [9.17, 15) is 0 Å². The van der Waals surface area contributed by atoms with E-state index in [2.05, 4.69) is 167 Å². The van der Waals surface area contributed by atoms with Crippen molar-refractivity contribution in [3.63, 3.8) is 0 Å². The SMILES string of the molecule is C=C(N=C(N=C(C)c1cccc(-c2ccccc2)c1)c1cccc2c1C(C)(C)c1ccccc1-2)c1cccc(-c2ccccc2)c1. The maximum absolute atomic E-state index is 5.31. The number of hydrogen-bond donors (Lipinski definition) is 0. The van der Waals surface area contributed by atoms with Crippen LogP contribution in [0.4, 0.5) is 0 Å². The monoisotopic (exact) mass is 592 g/mol. The van der Waals surface area contributed by atoms with Crippen molar-refractivity contribution in [3.05, 3.63) is 186 Å². The maximum atomic E-state index is 5.31. The van der Waals surface area contributed by atoms with Crippen molar-refractivity contribution in [2.75, 3.05) is 0 Å². The first kappa shape index (κ1) is 29.1. The van der Waals surface area contributed by atoms with Gasteiger partial charge in [-0.25, -0.2) is 9.98 Å². The van der Waals surface area contributed by atoms with Gasteiger partial charge in [-0.05, 0) is 69.1 Å². The third-order valence-electron chi connectivity index (χ3n) is 9.03. The van der Waals surface area contributed by atoms with Crippen LogP contribution < -0.4 is 0 Å². The van der Waals surface area contributed by atoms with Gasteiger partial charge in [-0.1, -0.05) is 160 Å². The molecule has 1 aliphatic rings. The van der Waals surface area contributed by atoms with Crippen LogP contribution >= 0.6 is 0 Å². The average molecular weight is 593 g/mol. The summed E-state index contributed by atoms with van der Waals surface area (Å²) in [4.78, 5) is 10.5. The highest BCUT2D eigenvalue weighted by atomic mass is 14.9. The molecule has 2 heteroatoms. The number of amidine groups is 1. The summed E-state index contributed by atoms with van der Waals surface area (Å²) in [6.45, 7) is 11.1. The lowest BCUT2D eigenvalue weighted by Crippen LogP contribution is -2.19. The van der Waals surface area contributed by atoms with Crippen molar-refractivity contribution < 1.29 is 0 Å². The predicted molar refractivity (Wildman–Crippen MR) is 196 cm³/mol. The van der Waals surface area contributed by atoms with Gasteiger partial charge in [0.05, 0.1) is 5.70 Å². The quantitative estimate of drug-likeness (QED) is 0.136. The molecular weight excluding hydrogens is 556 g/mol. The van der Waals surface area contributed by atoms with E-state index in [1.165, 1.54) is 27.8 Å². The van der Waals surface area contributed by atoms with E-state index in [1.807, 2.05) is 12.1 Å². The lowest BCUT2D eigenvalue weighted by atomic mass is 9.80. The van der Waals surface area contributed by atoms with Gasteiger partial charge in [-0.15, -0.1) is 0 Å². The van der Waals surface area contributed by atoms with Crippen molar-refractivity contribution in [3.8, 4) is 33.4 Å². The molecule has 222 valence electrons. The van der Waals surface area contributed by atoms with Crippen LogP contribution in [0.5, 0.6) is 0 Å². The molecule has 0 saturated heterocycles. The summed E-state index contributed by atoms with van der Waals surface area (Å²) in [5, 5.41) is 0.